The van der Waals surface area contributed by atoms with E-state index >= 15 is 0 Å². The maximum Gasteiger partial charge on any atom is 0.330 e. The highest BCUT2D eigenvalue weighted by atomic mass is 16.7. The molecular weight excluding hydrogens is 504 g/mol. The van der Waals surface area contributed by atoms with E-state index in [-0.39, 0.29) is 31.2 Å². The molecule has 39 heavy (non-hydrogen) atoms. The molecule has 0 aromatic rings. The average molecular weight is 547 g/mol. The summed E-state index contributed by atoms with van der Waals surface area (Å²) in [6.07, 6.45) is 8.87. The van der Waals surface area contributed by atoms with Crippen LogP contribution < -0.4 is 0 Å². The largest absolute Gasteiger partial charge is 0.456 e. The van der Waals surface area contributed by atoms with Gasteiger partial charge in [0.05, 0.1) is 30.5 Å². The number of rotatable bonds is 2. The predicted octanol–water partition coefficient (Wildman–Crippen LogP) is 2.63. The molecule has 9 nitrogen and oxygen atoms in total. The van der Waals surface area contributed by atoms with Crippen molar-refractivity contribution < 1.29 is 43.8 Å². The molecule has 9 heteroatoms. The Morgan fingerprint density at radius 2 is 1.85 bits per heavy atom. The zero-order chi connectivity index (χ0) is 27.7. The summed E-state index contributed by atoms with van der Waals surface area (Å²) in [4.78, 5) is 12.7. The van der Waals surface area contributed by atoms with Gasteiger partial charge in [0.15, 0.2) is 6.29 Å². The molecule has 0 amide bonds. The lowest BCUT2D eigenvalue weighted by Crippen LogP contribution is -2.38. The van der Waals surface area contributed by atoms with Crippen LogP contribution in [0.5, 0.6) is 0 Å². The number of hydrogen-bond donors (Lipinski definition) is 3. The van der Waals surface area contributed by atoms with Gasteiger partial charge in [-0.2, -0.15) is 0 Å². The first-order valence-electron chi connectivity index (χ1n) is 14.2. The Bertz CT molecular complexity index is 991. The lowest BCUT2D eigenvalue weighted by Gasteiger charge is -2.28. The molecule has 3 saturated heterocycles. The average Bonchev–Trinajstić information content (AvgIpc) is 3.41. The molecule has 3 fully saturated rings. The van der Waals surface area contributed by atoms with Crippen LogP contribution in [0.15, 0.2) is 48.6 Å². The Labute approximate surface area is 230 Å². The summed E-state index contributed by atoms with van der Waals surface area (Å²) in [6, 6.07) is 0. The van der Waals surface area contributed by atoms with Gasteiger partial charge in [-0.3, -0.25) is 0 Å². The Kier molecular flexibility index (Phi) is 8.78. The summed E-state index contributed by atoms with van der Waals surface area (Å²) in [5.74, 6) is -0.202. The first-order chi connectivity index (χ1) is 18.6. The highest BCUT2D eigenvalue weighted by molar-refractivity contribution is 5.82. The van der Waals surface area contributed by atoms with Gasteiger partial charge in [-0.05, 0) is 44.9 Å². The SMILES string of the molecule is C=C1C[C@H](C)C[C@@H]2CC=C[C@@H](C/C=C\C(=O)O[C@H]3C[C@@H](O[C@H]3/C=C/[C@@H]3C[C@@]4(C)O[C@H]4[C@@H](O)O3)[C@@H](O)[C@@H](O)C1)O2. The van der Waals surface area contributed by atoms with Crippen LogP contribution in [0, 0.1) is 5.92 Å². The van der Waals surface area contributed by atoms with Gasteiger partial charge in [0.25, 0.3) is 0 Å². The maximum atomic E-state index is 12.7. The normalized spacial score (nSPS) is 48.2. The molecule has 5 aliphatic heterocycles. The Hall–Kier alpha value is -1.85. The minimum Gasteiger partial charge on any atom is -0.456 e. The maximum absolute atomic E-state index is 12.7. The molecule has 0 saturated carbocycles. The van der Waals surface area contributed by atoms with Crippen LogP contribution in [-0.2, 0) is 28.5 Å². The number of esters is 1. The topological polar surface area (TPSA) is 127 Å². The van der Waals surface area contributed by atoms with E-state index in [4.69, 9.17) is 23.7 Å². The standard InChI is InChI=1S/C30H42O9/c1-17-12-18(2)14-22(31)27(33)25-15-24(38-26(32)9-5-7-19-6-4-8-20(13-17)35-19)23(37-25)11-10-21-16-30(3)28(39-30)29(34)36-21/h4-6,9-11,17,19-25,27-29,31,33-34H,2,7-8,12-16H2,1,3H3/b9-5-,11-10+/t17-,19-,20-,21+,22-,23-,24-,25+,27-,28-,29-,30+/m0/s1. The molecule has 0 unspecified atom stereocenters. The minimum atomic E-state index is -1.18. The van der Waals surface area contributed by atoms with Gasteiger partial charge >= 0.3 is 5.97 Å². The smallest absolute Gasteiger partial charge is 0.330 e. The molecule has 5 heterocycles. The number of carbonyl (C=O) groups excluding carboxylic acids is 1. The van der Waals surface area contributed by atoms with Crippen molar-refractivity contribution in [2.45, 2.75) is 126 Å². The number of aliphatic hydroxyl groups is 3. The molecule has 12 atom stereocenters. The third-order valence-electron chi connectivity index (χ3n) is 8.38. The van der Waals surface area contributed by atoms with Crippen LogP contribution in [0.25, 0.3) is 0 Å². The van der Waals surface area contributed by atoms with Crippen molar-refractivity contribution in [1.29, 1.82) is 0 Å². The molecule has 0 aliphatic carbocycles. The Balaban J connectivity index is 1.30. The van der Waals surface area contributed by atoms with Gasteiger partial charge in [-0.1, -0.05) is 49.5 Å². The van der Waals surface area contributed by atoms with E-state index in [1.807, 2.05) is 13.0 Å². The van der Waals surface area contributed by atoms with Crippen molar-refractivity contribution in [1.82, 2.24) is 0 Å². The number of aliphatic hydroxyl groups excluding tert-OH is 3. The second-order valence-electron chi connectivity index (χ2n) is 12.0. The first-order valence-corrected chi connectivity index (χ1v) is 14.2. The Morgan fingerprint density at radius 1 is 1.03 bits per heavy atom. The molecule has 3 N–H and O–H groups in total. The highest BCUT2D eigenvalue weighted by Gasteiger charge is 2.61. The lowest BCUT2D eigenvalue weighted by atomic mass is 9.90. The number of hydrogen-bond acceptors (Lipinski definition) is 9. The van der Waals surface area contributed by atoms with Crippen LogP contribution in [0.2, 0.25) is 0 Å². The van der Waals surface area contributed by atoms with Crippen LogP contribution in [-0.4, -0.2) is 88.1 Å². The quantitative estimate of drug-likeness (QED) is 0.272. The summed E-state index contributed by atoms with van der Waals surface area (Å²) in [6.45, 7) is 8.23. The zero-order valence-electron chi connectivity index (χ0n) is 22.8. The molecule has 0 spiro atoms. The third kappa shape index (κ3) is 7.08. The van der Waals surface area contributed by atoms with E-state index < -0.39 is 54.5 Å². The van der Waals surface area contributed by atoms with Gasteiger partial charge in [0.1, 0.15) is 30.0 Å². The molecular formula is C30H42O9. The van der Waals surface area contributed by atoms with Gasteiger partial charge in [-0.25, -0.2) is 4.79 Å². The molecule has 4 bridgehead atoms. The molecule has 0 radical (unpaired) electrons. The molecule has 5 aliphatic rings. The van der Waals surface area contributed by atoms with Crippen molar-refractivity contribution in [3.05, 3.63) is 48.6 Å². The van der Waals surface area contributed by atoms with Crippen LogP contribution in [0.1, 0.15) is 58.8 Å². The van der Waals surface area contributed by atoms with E-state index in [2.05, 4.69) is 19.6 Å². The molecule has 216 valence electrons. The minimum absolute atomic E-state index is 0.0866. The fourth-order valence-corrected chi connectivity index (χ4v) is 6.31. The van der Waals surface area contributed by atoms with Crippen LogP contribution >= 0.6 is 0 Å². The molecule has 5 rings (SSSR count). The van der Waals surface area contributed by atoms with Gasteiger partial charge in [-0.15, -0.1) is 0 Å². The zero-order valence-corrected chi connectivity index (χ0v) is 22.8. The summed E-state index contributed by atoms with van der Waals surface area (Å²) >= 11 is 0. The van der Waals surface area contributed by atoms with E-state index in [9.17, 15) is 20.1 Å². The molecule has 0 aromatic carbocycles. The number of epoxide rings is 1. The van der Waals surface area contributed by atoms with Gasteiger partial charge < -0.3 is 39.0 Å². The lowest BCUT2D eigenvalue weighted by molar-refractivity contribution is -0.146. The fourth-order valence-electron chi connectivity index (χ4n) is 6.31. The highest BCUT2D eigenvalue weighted by Crippen LogP contribution is 2.47. The van der Waals surface area contributed by atoms with E-state index in [1.54, 1.807) is 18.2 Å². The van der Waals surface area contributed by atoms with Crippen LogP contribution in [0.4, 0.5) is 0 Å². The van der Waals surface area contributed by atoms with Crippen LogP contribution in [0.3, 0.4) is 0 Å². The summed E-state index contributed by atoms with van der Waals surface area (Å²) in [5.41, 5.74) is 0.446. The van der Waals surface area contributed by atoms with Crippen molar-refractivity contribution in [3.8, 4) is 0 Å². The number of fused-ring (bicyclic) bond motifs is 5. The second kappa shape index (κ2) is 11.9. The van der Waals surface area contributed by atoms with Crippen molar-refractivity contribution in [2.24, 2.45) is 5.92 Å². The van der Waals surface area contributed by atoms with Crippen molar-refractivity contribution in [2.75, 3.05) is 0 Å². The monoisotopic (exact) mass is 546 g/mol. The predicted molar refractivity (Wildman–Crippen MR) is 141 cm³/mol. The van der Waals surface area contributed by atoms with E-state index in [0.29, 0.717) is 18.8 Å². The summed E-state index contributed by atoms with van der Waals surface area (Å²) in [5, 5.41) is 31.9. The van der Waals surface area contributed by atoms with Crippen molar-refractivity contribution >= 4 is 5.97 Å². The summed E-state index contributed by atoms with van der Waals surface area (Å²) in [7, 11) is 0. The number of ether oxygens (including phenoxy) is 5. The third-order valence-corrected chi connectivity index (χ3v) is 8.38. The van der Waals surface area contributed by atoms with Crippen molar-refractivity contribution in [3.63, 3.8) is 0 Å². The first kappa shape index (κ1) is 28.7. The number of carbonyl (C=O) groups is 1. The molecule has 0 aromatic heterocycles. The Morgan fingerprint density at radius 3 is 2.64 bits per heavy atom. The van der Waals surface area contributed by atoms with E-state index in [0.717, 1.165) is 24.8 Å². The van der Waals surface area contributed by atoms with Gasteiger partial charge in [0, 0.05) is 18.9 Å². The van der Waals surface area contributed by atoms with Gasteiger partial charge in [0.2, 0.25) is 0 Å². The summed E-state index contributed by atoms with van der Waals surface area (Å²) < 4.78 is 29.3. The second-order valence-corrected chi connectivity index (χ2v) is 12.0. The fraction of sp³-hybridized carbons (Fsp3) is 0.700. The van der Waals surface area contributed by atoms with E-state index in [1.165, 1.54) is 6.08 Å².